The topological polar surface area (TPSA) is 30.5 Å². The van der Waals surface area contributed by atoms with Crippen molar-refractivity contribution in [3.63, 3.8) is 0 Å². The van der Waals surface area contributed by atoms with E-state index in [4.69, 9.17) is 9.47 Å². The van der Waals surface area contributed by atoms with Crippen LogP contribution in [0.4, 0.5) is 0 Å². The molecular weight excluding hydrogens is 262 g/mol. The van der Waals surface area contributed by atoms with Crippen LogP contribution in [0.25, 0.3) is 0 Å². The first-order chi connectivity index (χ1) is 10.2. The molecule has 1 aliphatic carbocycles. The molecule has 2 rings (SSSR count). The number of benzene rings is 1. The van der Waals surface area contributed by atoms with E-state index in [0.717, 1.165) is 23.8 Å². The maximum absolute atomic E-state index is 6.32. The van der Waals surface area contributed by atoms with Gasteiger partial charge >= 0.3 is 0 Å². The number of aryl methyl sites for hydroxylation is 1. The first kappa shape index (κ1) is 16.2. The molecule has 0 spiro atoms. The van der Waals surface area contributed by atoms with E-state index >= 15 is 0 Å². The zero-order valence-electron chi connectivity index (χ0n) is 13.8. The summed E-state index contributed by atoms with van der Waals surface area (Å²) in [5.74, 6) is 2.49. The van der Waals surface area contributed by atoms with Crippen LogP contribution in [0.3, 0.4) is 0 Å². The minimum Gasteiger partial charge on any atom is -0.493 e. The lowest BCUT2D eigenvalue weighted by atomic mass is 9.81. The Morgan fingerprint density at radius 2 is 2.05 bits per heavy atom. The molecule has 118 valence electrons. The minimum absolute atomic E-state index is 0.233. The second kappa shape index (κ2) is 7.69. The Morgan fingerprint density at radius 3 is 2.71 bits per heavy atom. The van der Waals surface area contributed by atoms with Gasteiger partial charge in [0.25, 0.3) is 0 Å². The summed E-state index contributed by atoms with van der Waals surface area (Å²) in [5.41, 5.74) is 1.19. The Bertz CT molecular complexity index is 447. The number of methoxy groups -OCH3 is 1. The monoisotopic (exact) mass is 291 g/mol. The predicted octanol–water partition coefficient (Wildman–Crippen LogP) is 3.94. The first-order valence-electron chi connectivity index (χ1n) is 8.16. The average Bonchev–Trinajstić information content (AvgIpc) is 2.49. The van der Waals surface area contributed by atoms with Gasteiger partial charge in [-0.15, -0.1) is 0 Å². The van der Waals surface area contributed by atoms with E-state index in [-0.39, 0.29) is 6.10 Å². The minimum atomic E-state index is 0.233. The maximum Gasteiger partial charge on any atom is 0.161 e. The van der Waals surface area contributed by atoms with Crippen LogP contribution in [0.1, 0.15) is 44.6 Å². The average molecular weight is 291 g/mol. The Kier molecular flexibility index (Phi) is 5.92. The molecule has 1 fully saturated rings. The third kappa shape index (κ3) is 4.13. The first-order valence-corrected chi connectivity index (χ1v) is 8.16. The normalized spacial score (nSPS) is 25.6. The van der Waals surface area contributed by atoms with Gasteiger partial charge in [0.15, 0.2) is 11.5 Å². The van der Waals surface area contributed by atoms with Gasteiger partial charge in [-0.3, -0.25) is 0 Å². The SMILES string of the molecule is CCCC1CCC(NC)C(Oc2ccc(C)cc2OC)C1. The van der Waals surface area contributed by atoms with Crippen molar-refractivity contribution < 1.29 is 9.47 Å². The highest BCUT2D eigenvalue weighted by atomic mass is 16.5. The molecule has 21 heavy (non-hydrogen) atoms. The molecule has 3 nitrogen and oxygen atoms in total. The van der Waals surface area contributed by atoms with Crippen LogP contribution >= 0.6 is 0 Å². The van der Waals surface area contributed by atoms with E-state index in [9.17, 15) is 0 Å². The van der Waals surface area contributed by atoms with Gasteiger partial charge in [-0.25, -0.2) is 0 Å². The van der Waals surface area contributed by atoms with Crippen molar-refractivity contribution in [1.29, 1.82) is 0 Å². The maximum atomic E-state index is 6.32. The fourth-order valence-electron chi connectivity index (χ4n) is 3.38. The fraction of sp³-hybridized carbons (Fsp3) is 0.667. The number of ether oxygens (including phenoxy) is 2. The summed E-state index contributed by atoms with van der Waals surface area (Å²) >= 11 is 0. The van der Waals surface area contributed by atoms with E-state index in [1.807, 2.05) is 19.2 Å². The molecule has 3 unspecified atom stereocenters. The van der Waals surface area contributed by atoms with Gasteiger partial charge < -0.3 is 14.8 Å². The van der Waals surface area contributed by atoms with Crippen molar-refractivity contribution >= 4 is 0 Å². The summed E-state index contributed by atoms with van der Waals surface area (Å²) in [6.07, 6.45) is 6.44. The van der Waals surface area contributed by atoms with Crippen LogP contribution in [0.15, 0.2) is 18.2 Å². The highest BCUT2D eigenvalue weighted by Crippen LogP contribution is 2.34. The lowest BCUT2D eigenvalue weighted by Crippen LogP contribution is -2.45. The van der Waals surface area contributed by atoms with E-state index in [2.05, 4.69) is 25.2 Å². The van der Waals surface area contributed by atoms with Crippen LogP contribution in [0, 0.1) is 12.8 Å². The summed E-state index contributed by atoms with van der Waals surface area (Å²) in [7, 11) is 3.74. The van der Waals surface area contributed by atoms with Gasteiger partial charge in [-0.05, 0) is 56.8 Å². The number of likely N-dealkylation sites (N-methyl/N-ethyl adjacent to an activating group) is 1. The Morgan fingerprint density at radius 1 is 1.24 bits per heavy atom. The molecular formula is C18H29NO2. The standard InChI is InChI=1S/C18H29NO2/c1-5-6-14-8-9-15(19-3)17(12-14)21-16-10-7-13(2)11-18(16)20-4/h7,10-11,14-15,17,19H,5-6,8-9,12H2,1-4H3. The quantitative estimate of drug-likeness (QED) is 0.861. The van der Waals surface area contributed by atoms with Crippen molar-refractivity contribution in [2.45, 2.75) is 58.1 Å². The van der Waals surface area contributed by atoms with Crippen LogP contribution in [-0.2, 0) is 0 Å². The largest absolute Gasteiger partial charge is 0.493 e. The number of hydrogen-bond acceptors (Lipinski definition) is 3. The zero-order valence-corrected chi connectivity index (χ0v) is 13.8. The van der Waals surface area contributed by atoms with E-state index in [1.54, 1.807) is 7.11 Å². The van der Waals surface area contributed by atoms with Gasteiger partial charge in [-0.2, -0.15) is 0 Å². The van der Waals surface area contributed by atoms with E-state index in [0.29, 0.717) is 6.04 Å². The molecule has 0 aliphatic heterocycles. The summed E-state index contributed by atoms with van der Waals surface area (Å²) < 4.78 is 11.8. The van der Waals surface area contributed by atoms with Crippen molar-refractivity contribution in [3.05, 3.63) is 23.8 Å². The molecule has 1 aliphatic rings. The molecule has 3 heteroatoms. The molecule has 3 atom stereocenters. The Labute approximate surface area is 129 Å². The zero-order chi connectivity index (χ0) is 15.2. The van der Waals surface area contributed by atoms with Crippen LogP contribution in [-0.4, -0.2) is 26.3 Å². The highest BCUT2D eigenvalue weighted by Gasteiger charge is 2.31. The molecule has 0 aromatic heterocycles. The van der Waals surface area contributed by atoms with Crippen molar-refractivity contribution in [3.8, 4) is 11.5 Å². The van der Waals surface area contributed by atoms with Crippen molar-refractivity contribution in [2.75, 3.05) is 14.2 Å². The molecule has 1 aromatic carbocycles. The molecule has 0 saturated heterocycles. The van der Waals surface area contributed by atoms with Crippen molar-refractivity contribution in [2.24, 2.45) is 5.92 Å². The van der Waals surface area contributed by atoms with Gasteiger partial charge in [0.1, 0.15) is 6.10 Å². The van der Waals surface area contributed by atoms with Crippen molar-refractivity contribution in [1.82, 2.24) is 5.32 Å². The van der Waals surface area contributed by atoms with Crippen LogP contribution < -0.4 is 14.8 Å². The Hall–Kier alpha value is -1.22. The molecule has 0 amide bonds. The highest BCUT2D eigenvalue weighted by molar-refractivity contribution is 5.42. The van der Waals surface area contributed by atoms with Gasteiger partial charge in [0.05, 0.1) is 7.11 Å². The lowest BCUT2D eigenvalue weighted by molar-refractivity contribution is 0.0839. The number of hydrogen-bond donors (Lipinski definition) is 1. The summed E-state index contributed by atoms with van der Waals surface area (Å²) in [5, 5.41) is 3.42. The van der Waals surface area contributed by atoms with E-state index in [1.165, 1.54) is 31.2 Å². The molecule has 0 radical (unpaired) electrons. The lowest BCUT2D eigenvalue weighted by Gasteiger charge is -2.36. The summed E-state index contributed by atoms with van der Waals surface area (Å²) in [6, 6.07) is 6.59. The van der Waals surface area contributed by atoms with Crippen LogP contribution in [0.2, 0.25) is 0 Å². The molecule has 1 saturated carbocycles. The predicted molar refractivity (Wildman–Crippen MR) is 87.2 cm³/mol. The molecule has 0 bridgehead atoms. The third-order valence-electron chi connectivity index (χ3n) is 4.57. The summed E-state index contributed by atoms with van der Waals surface area (Å²) in [6.45, 7) is 4.34. The fourth-order valence-corrected chi connectivity index (χ4v) is 3.38. The second-order valence-electron chi connectivity index (χ2n) is 6.17. The van der Waals surface area contributed by atoms with Gasteiger partial charge in [0, 0.05) is 6.04 Å². The van der Waals surface area contributed by atoms with E-state index < -0.39 is 0 Å². The molecule has 1 aromatic rings. The number of rotatable bonds is 6. The smallest absolute Gasteiger partial charge is 0.161 e. The van der Waals surface area contributed by atoms with Gasteiger partial charge in [-0.1, -0.05) is 25.8 Å². The third-order valence-corrected chi connectivity index (χ3v) is 4.57. The number of nitrogens with one attached hydrogen (secondary N) is 1. The molecule has 1 N–H and O–H groups in total. The van der Waals surface area contributed by atoms with Crippen LogP contribution in [0.5, 0.6) is 11.5 Å². The van der Waals surface area contributed by atoms with Gasteiger partial charge in [0.2, 0.25) is 0 Å². The second-order valence-corrected chi connectivity index (χ2v) is 6.17. The Balaban J connectivity index is 2.10. The molecule has 0 heterocycles. The summed E-state index contributed by atoms with van der Waals surface area (Å²) in [4.78, 5) is 0.